The largest absolute Gasteiger partial charge is 0.293 e. The second kappa shape index (κ2) is 7.33. The fourth-order valence-corrected chi connectivity index (χ4v) is 2.11. The number of nitrogens with zero attached hydrogens (tertiary/aromatic N) is 5. The molecule has 0 aliphatic heterocycles. The fraction of sp³-hybridized carbons (Fsp3) is 0.286. The summed E-state index contributed by atoms with van der Waals surface area (Å²) in [6, 6.07) is 5.11. The van der Waals surface area contributed by atoms with Crippen LogP contribution in [0.3, 0.4) is 0 Å². The Morgan fingerprint density at radius 2 is 2.19 bits per heavy atom. The first kappa shape index (κ1) is 15.7. The summed E-state index contributed by atoms with van der Waals surface area (Å²) in [4.78, 5) is 5.60. The van der Waals surface area contributed by atoms with Crippen molar-refractivity contribution in [3.05, 3.63) is 40.1 Å². The summed E-state index contributed by atoms with van der Waals surface area (Å²) >= 11 is 12.1. The summed E-state index contributed by atoms with van der Waals surface area (Å²) in [5.41, 5.74) is 1.53. The van der Waals surface area contributed by atoms with E-state index in [-0.39, 0.29) is 0 Å². The number of aromatic nitrogens is 4. The van der Waals surface area contributed by atoms with Crippen LogP contribution < -0.4 is 0 Å². The average molecular weight is 324 g/mol. The summed E-state index contributed by atoms with van der Waals surface area (Å²) in [5, 5.41) is 13.5. The van der Waals surface area contributed by atoms with E-state index in [1.807, 2.05) is 19.9 Å². The molecule has 0 fully saturated rings. The smallest absolute Gasteiger partial charge is 0.202 e. The molecule has 1 aromatic carbocycles. The molecule has 2 rings (SSSR count). The van der Waals surface area contributed by atoms with E-state index in [0.29, 0.717) is 28.1 Å². The number of aliphatic imine (C=N–C) groups is 1. The third-order valence-electron chi connectivity index (χ3n) is 2.72. The average Bonchev–Trinajstić information content (AvgIpc) is 2.95. The van der Waals surface area contributed by atoms with Gasteiger partial charge in [0.05, 0.1) is 11.6 Å². The van der Waals surface area contributed by atoms with E-state index in [2.05, 4.69) is 20.4 Å². The molecule has 0 amide bonds. The van der Waals surface area contributed by atoms with Gasteiger partial charge >= 0.3 is 0 Å². The zero-order chi connectivity index (χ0) is 15.2. The second-order valence-corrected chi connectivity index (χ2v) is 5.08. The molecule has 0 saturated carbocycles. The first-order chi connectivity index (χ1) is 10.2. The topological polar surface area (TPSA) is 56.0 Å². The molecular formula is C14H15Cl2N5. The van der Waals surface area contributed by atoms with Crippen LogP contribution >= 0.6 is 23.2 Å². The Hall–Kier alpha value is -1.72. The van der Waals surface area contributed by atoms with Crippen LogP contribution in [0, 0.1) is 0 Å². The molecule has 110 valence electrons. The van der Waals surface area contributed by atoms with Crippen LogP contribution in [0.5, 0.6) is 0 Å². The molecule has 5 nitrogen and oxygen atoms in total. The molecule has 0 atom stereocenters. The van der Waals surface area contributed by atoms with Crippen molar-refractivity contribution in [2.75, 3.05) is 6.54 Å². The molecule has 0 bridgehead atoms. The first-order valence-electron chi connectivity index (χ1n) is 6.55. The normalized spacial score (nSPS) is 12.3. The van der Waals surface area contributed by atoms with Crippen molar-refractivity contribution in [2.45, 2.75) is 20.3 Å². The van der Waals surface area contributed by atoms with E-state index >= 15 is 0 Å². The van der Waals surface area contributed by atoms with Gasteiger partial charge in [-0.1, -0.05) is 36.2 Å². The van der Waals surface area contributed by atoms with Crippen LogP contribution in [0.25, 0.3) is 11.3 Å². The summed E-state index contributed by atoms with van der Waals surface area (Å²) in [5.74, 6) is 0.540. The molecule has 2 aromatic rings. The molecule has 0 unspecified atom stereocenters. The lowest BCUT2D eigenvalue weighted by Gasteiger charge is -2.02. The van der Waals surface area contributed by atoms with Crippen LogP contribution in [-0.2, 0) is 0 Å². The highest BCUT2D eigenvalue weighted by Gasteiger charge is 2.12. The highest BCUT2D eigenvalue weighted by molar-refractivity contribution is 6.34. The van der Waals surface area contributed by atoms with Crippen molar-refractivity contribution in [3.8, 4) is 5.69 Å². The third-order valence-corrected chi connectivity index (χ3v) is 3.27. The number of allylic oxidation sites excluding steroid dienone is 1. The minimum atomic E-state index is 0.510. The zero-order valence-electron chi connectivity index (χ0n) is 11.8. The Kier molecular flexibility index (Phi) is 5.47. The quantitative estimate of drug-likeness (QED) is 0.785. The van der Waals surface area contributed by atoms with Gasteiger partial charge in [0.25, 0.3) is 0 Å². The van der Waals surface area contributed by atoms with E-state index in [0.717, 1.165) is 12.0 Å². The maximum Gasteiger partial charge on any atom is 0.202 e. The summed E-state index contributed by atoms with van der Waals surface area (Å²) in [7, 11) is 0. The Bertz CT molecular complexity index is 676. The Balaban J connectivity index is 2.36. The SMILES string of the molecule is CC=NC/C(=C\CC)c1nnn(-c2cc(Cl)ccc2Cl)n1. The van der Waals surface area contributed by atoms with Gasteiger partial charge in [-0.15, -0.1) is 15.0 Å². The van der Waals surface area contributed by atoms with Crippen molar-refractivity contribution in [3.63, 3.8) is 0 Å². The standard InChI is InChI=1S/C14H15Cl2N5/c1-3-5-10(9-17-4-2)14-18-20-21(19-14)13-8-11(15)6-7-12(13)16/h4-8H,3,9H2,1-2H3/b10-5+,17-4?. The van der Waals surface area contributed by atoms with Gasteiger partial charge in [0.2, 0.25) is 5.82 Å². The lowest BCUT2D eigenvalue weighted by atomic mass is 10.2. The molecule has 1 heterocycles. The molecule has 0 aliphatic rings. The Morgan fingerprint density at radius 1 is 1.38 bits per heavy atom. The number of tetrazole rings is 1. The fourth-order valence-electron chi connectivity index (χ4n) is 1.75. The van der Waals surface area contributed by atoms with Gasteiger partial charge in [-0.2, -0.15) is 0 Å². The Morgan fingerprint density at radius 3 is 2.90 bits per heavy atom. The lowest BCUT2D eigenvalue weighted by molar-refractivity contribution is 0.719. The predicted molar refractivity (Wildman–Crippen MR) is 86.5 cm³/mol. The molecule has 7 heteroatoms. The van der Waals surface area contributed by atoms with E-state index in [1.54, 1.807) is 24.4 Å². The van der Waals surface area contributed by atoms with Crippen LogP contribution in [0.2, 0.25) is 10.0 Å². The third kappa shape index (κ3) is 3.89. The highest BCUT2D eigenvalue weighted by atomic mass is 35.5. The van der Waals surface area contributed by atoms with Gasteiger partial charge in [-0.05, 0) is 43.0 Å². The molecule has 0 N–H and O–H groups in total. The van der Waals surface area contributed by atoms with Gasteiger partial charge in [0.15, 0.2) is 0 Å². The first-order valence-corrected chi connectivity index (χ1v) is 7.30. The lowest BCUT2D eigenvalue weighted by Crippen LogP contribution is -2.01. The molecular weight excluding hydrogens is 309 g/mol. The zero-order valence-corrected chi connectivity index (χ0v) is 13.3. The van der Waals surface area contributed by atoms with Gasteiger partial charge in [0, 0.05) is 10.6 Å². The van der Waals surface area contributed by atoms with Gasteiger partial charge in [-0.3, -0.25) is 4.99 Å². The molecule has 0 saturated heterocycles. The van der Waals surface area contributed by atoms with Gasteiger partial charge in [-0.25, -0.2) is 0 Å². The summed E-state index contributed by atoms with van der Waals surface area (Å²) in [6.45, 7) is 4.45. The minimum Gasteiger partial charge on any atom is -0.293 e. The maximum atomic E-state index is 6.14. The van der Waals surface area contributed by atoms with Crippen molar-refractivity contribution in [1.82, 2.24) is 20.2 Å². The van der Waals surface area contributed by atoms with E-state index in [4.69, 9.17) is 23.2 Å². The number of halogens is 2. The van der Waals surface area contributed by atoms with E-state index < -0.39 is 0 Å². The maximum absolute atomic E-state index is 6.14. The van der Waals surface area contributed by atoms with E-state index in [1.165, 1.54) is 4.80 Å². The molecule has 1 aromatic heterocycles. The number of hydrogen-bond donors (Lipinski definition) is 0. The molecule has 0 aliphatic carbocycles. The second-order valence-electron chi connectivity index (χ2n) is 4.23. The van der Waals surface area contributed by atoms with Crippen molar-refractivity contribution in [2.24, 2.45) is 4.99 Å². The Labute approximate surface area is 133 Å². The molecule has 0 spiro atoms. The number of rotatable bonds is 5. The van der Waals surface area contributed by atoms with Crippen LogP contribution in [-0.4, -0.2) is 33.0 Å². The van der Waals surface area contributed by atoms with Crippen molar-refractivity contribution >= 4 is 35.0 Å². The number of benzene rings is 1. The van der Waals surface area contributed by atoms with Crippen LogP contribution in [0.4, 0.5) is 0 Å². The molecule has 0 radical (unpaired) electrons. The van der Waals surface area contributed by atoms with Gasteiger partial charge in [0.1, 0.15) is 5.69 Å². The van der Waals surface area contributed by atoms with Crippen LogP contribution in [0.1, 0.15) is 26.1 Å². The highest BCUT2D eigenvalue weighted by Crippen LogP contribution is 2.23. The number of hydrogen-bond acceptors (Lipinski definition) is 4. The molecule has 21 heavy (non-hydrogen) atoms. The monoisotopic (exact) mass is 323 g/mol. The predicted octanol–water partition coefficient (Wildman–Crippen LogP) is 3.85. The van der Waals surface area contributed by atoms with Crippen molar-refractivity contribution < 1.29 is 0 Å². The van der Waals surface area contributed by atoms with Gasteiger partial charge < -0.3 is 0 Å². The van der Waals surface area contributed by atoms with Crippen molar-refractivity contribution in [1.29, 1.82) is 0 Å². The summed E-state index contributed by atoms with van der Waals surface area (Å²) in [6.07, 6.45) is 4.66. The van der Waals surface area contributed by atoms with E-state index in [9.17, 15) is 0 Å². The van der Waals surface area contributed by atoms with Crippen LogP contribution in [0.15, 0.2) is 29.3 Å². The summed E-state index contributed by atoms with van der Waals surface area (Å²) < 4.78 is 0. The minimum absolute atomic E-state index is 0.510.